The van der Waals surface area contributed by atoms with Crippen LogP contribution in [0.2, 0.25) is 5.02 Å². The molecule has 2 aromatic heterocycles. The molecule has 192 valence electrons. The van der Waals surface area contributed by atoms with Crippen LogP contribution in [0.4, 0.5) is 11.4 Å². The molecule has 0 radical (unpaired) electrons. The average molecular weight is 518 g/mol. The number of nitrogens with one attached hydrogen (secondary N) is 1. The average Bonchev–Trinajstić information content (AvgIpc) is 3.41. The Labute approximate surface area is 221 Å². The van der Waals surface area contributed by atoms with E-state index < -0.39 is 0 Å². The van der Waals surface area contributed by atoms with Gasteiger partial charge < -0.3 is 19.5 Å². The van der Waals surface area contributed by atoms with Gasteiger partial charge in [-0.3, -0.25) is 9.48 Å². The maximum atomic E-state index is 12.7. The molecule has 1 saturated heterocycles. The fraction of sp³-hybridized carbons (Fsp3) is 0.379. The molecule has 0 saturated carbocycles. The molecule has 2 aromatic carbocycles. The van der Waals surface area contributed by atoms with Crippen LogP contribution in [0.1, 0.15) is 36.4 Å². The number of fused-ring (bicyclic) bond motifs is 2. The van der Waals surface area contributed by atoms with Crippen LogP contribution in [0.5, 0.6) is 5.75 Å². The van der Waals surface area contributed by atoms with Crippen molar-refractivity contribution in [2.24, 2.45) is 7.05 Å². The first-order valence-corrected chi connectivity index (χ1v) is 13.4. The maximum absolute atomic E-state index is 12.7. The van der Waals surface area contributed by atoms with E-state index in [1.807, 2.05) is 32.3 Å². The number of hydrogen-bond acceptors (Lipinski definition) is 5. The fourth-order valence-corrected chi connectivity index (χ4v) is 6.11. The Kier molecular flexibility index (Phi) is 6.21. The molecule has 1 N–H and O–H groups in total. The summed E-state index contributed by atoms with van der Waals surface area (Å²) in [7, 11) is 3.48. The maximum Gasteiger partial charge on any atom is 0.253 e. The predicted octanol–water partition coefficient (Wildman–Crippen LogP) is 5.38. The van der Waals surface area contributed by atoms with Crippen molar-refractivity contribution in [3.05, 3.63) is 69.2 Å². The summed E-state index contributed by atoms with van der Waals surface area (Å²) in [5, 5.41) is 9.85. The van der Waals surface area contributed by atoms with Gasteiger partial charge in [-0.2, -0.15) is 5.10 Å². The van der Waals surface area contributed by atoms with Crippen molar-refractivity contribution in [1.29, 1.82) is 0 Å². The quantitative estimate of drug-likeness (QED) is 0.393. The Balaban J connectivity index is 1.44. The number of rotatable bonds is 4. The van der Waals surface area contributed by atoms with Gasteiger partial charge in [0.2, 0.25) is 0 Å². The highest BCUT2D eigenvalue weighted by molar-refractivity contribution is 6.33. The van der Waals surface area contributed by atoms with E-state index in [1.165, 1.54) is 5.56 Å². The summed E-state index contributed by atoms with van der Waals surface area (Å²) in [6, 6.07) is 10.7. The molecule has 0 amide bonds. The number of aryl methyl sites for hydroxylation is 3. The van der Waals surface area contributed by atoms with E-state index in [0.29, 0.717) is 11.1 Å². The largest absolute Gasteiger partial charge is 0.497 e. The molecular formula is C29H32ClN5O2. The van der Waals surface area contributed by atoms with Gasteiger partial charge in [-0.1, -0.05) is 11.6 Å². The SMILES string of the molecule is COc1cc(N2CCCc3cc(-c4cnn(C5CCNCC5)c4)c(Cl)cc32)c2cc(C)c(=O)n(C)c2c1. The number of anilines is 2. The van der Waals surface area contributed by atoms with Gasteiger partial charge in [0.25, 0.3) is 5.56 Å². The number of nitrogens with zero attached hydrogens (tertiary/aromatic N) is 4. The number of halogens is 1. The number of benzene rings is 2. The van der Waals surface area contributed by atoms with Gasteiger partial charge in [-0.15, -0.1) is 0 Å². The first-order valence-electron chi connectivity index (χ1n) is 13.0. The fourth-order valence-electron chi connectivity index (χ4n) is 5.84. The summed E-state index contributed by atoms with van der Waals surface area (Å²) in [5.74, 6) is 0.724. The molecule has 0 aliphatic carbocycles. The lowest BCUT2D eigenvalue weighted by Gasteiger charge is -2.33. The minimum Gasteiger partial charge on any atom is -0.497 e. The van der Waals surface area contributed by atoms with Crippen LogP contribution >= 0.6 is 11.6 Å². The van der Waals surface area contributed by atoms with E-state index >= 15 is 0 Å². The summed E-state index contributed by atoms with van der Waals surface area (Å²) >= 11 is 6.95. The lowest BCUT2D eigenvalue weighted by atomic mass is 9.96. The number of piperidine rings is 1. The van der Waals surface area contributed by atoms with Gasteiger partial charge >= 0.3 is 0 Å². The lowest BCUT2D eigenvalue weighted by Crippen LogP contribution is -2.29. The van der Waals surface area contributed by atoms with Gasteiger partial charge in [0.1, 0.15) is 5.75 Å². The van der Waals surface area contributed by atoms with Gasteiger partial charge in [0, 0.05) is 59.7 Å². The van der Waals surface area contributed by atoms with Crippen molar-refractivity contribution in [3.63, 3.8) is 0 Å². The first-order chi connectivity index (χ1) is 17.9. The second-order valence-electron chi connectivity index (χ2n) is 10.2. The summed E-state index contributed by atoms with van der Waals surface area (Å²) in [5.41, 5.74) is 7.05. The van der Waals surface area contributed by atoms with E-state index in [9.17, 15) is 4.79 Å². The molecule has 8 heteroatoms. The van der Waals surface area contributed by atoms with Gasteiger partial charge in [-0.05, 0) is 69.5 Å². The minimum atomic E-state index is 0.00321. The van der Waals surface area contributed by atoms with Crippen molar-refractivity contribution in [3.8, 4) is 16.9 Å². The smallest absolute Gasteiger partial charge is 0.253 e. The summed E-state index contributed by atoms with van der Waals surface area (Å²) in [6.07, 6.45) is 8.27. The van der Waals surface area contributed by atoms with Crippen molar-refractivity contribution in [1.82, 2.24) is 19.7 Å². The molecule has 2 aliphatic heterocycles. The Morgan fingerprint density at radius 1 is 1.11 bits per heavy atom. The van der Waals surface area contributed by atoms with Crippen LogP contribution < -0.4 is 20.5 Å². The predicted molar refractivity (Wildman–Crippen MR) is 150 cm³/mol. The lowest BCUT2D eigenvalue weighted by molar-refractivity contribution is 0.343. The zero-order valence-corrected chi connectivity index (χ0v) is 22.3. The second-order valence-corrected chi connectivity index (χ2v) is 10.6. The minimum absolute atomic E-state index is 0.00321. The van der Waals surface area contributed by atoms with E-state index in [0.717, 1.165) is 90.0 Å². The topological polar surface area (TPSA) is 64.3 Å². The number of aromatic nitrogens is 3. The molecule has 37 heavy (non-hydrogen) atoms. The first kappa shape index (κ1) is 24.1. The Morgan fingerprint density at radius 2 is 1.92 bits per heavy atom. The normalized spacial score (nSPS) is 16.3. The molecule has 4 heterocycles. The zero-order chi connectivity index (χ0) is 25.7. The number of methoxy groups -OCH3 is 1. The summed E-state index contributed by atoms with van der Waals surface area (Å²) < 4.78 is 9.45. The van der Waals surface area contributed by atoms with E-state index in [-0.39, 0.29) is 5.56 Å². The van der Waals surface area contributed by atoms with Crippen molar-refractivity contribution in [2.45, 2.75) is 38.6 Å². The zero-order valence-electron chi connectivity index (χ0n) is 21.6. The summed E-state index contributed by atoms with van der Waals surface area (Å²) in [4.78, 5) is 15.0. The van der Waals surface area contributed by atoms with E-state index in [1.54, 1.807) is 11.7 Å². The molecule has 1 fully saturated rings. The highest BCUT2D eigenvalue weighted by atomic mass is 35.5. The standard InChI is InChI=1S/C29H32ClN5O2/c1-18-11-24-27(33(2)29(18)36)13-22(37-3)14-28(24)34-10-4-5-19-12-23(25(30)15-26(19)34)20-16-32-35(17-20)21-6-8-31-9-7-21/h11-17,21,31H,4-10H2,1-3H3. The molecule has 0 spiro atoms. The molecule has 4 aromatic rings. The van der Waals surface area contributed by atoms with Crippen LogP contribution in [0.15, 0.2) is 47.5 Å². The van der Waals surface area contributed by atoms with Crippen molar-refractivity contribution < 1.29 is 4.74 Å². The van der Waals surface area contributed by atoms with E-state index in [2.05, 4.69) is 44.4 Å². The number of ether oxygens (including phenoxy) is 1. The second kappa shape index (κ2) is 9.54. The van der Waals surface area contributed by atoms with Crippen molar-refractivity contribution in [2.75, 3.05) is 31.6 Å². The highest BCUT2D eigenvalue weighted by Crippen LogP contribution is 2.43. The molecule has 0 bridgehead atoms. The van der Waals surface area contributed by atoms with E-state index in [4.69, 9.17) is 16.3 Å². The monoisotopic (exact) mass is 517 g/mol. The van der Waals surface area contributed by atoms with Crippen molar-refractivity contribution >= 4 is 33.9 Å². The van der Waals surface area contributed by atoms with Crippen LogP contribution in [0.25, 0.3) is 22.0 Å². The third-order valence-electron chi connectivity index (χ3n) is 7.88. The number of hydrogen-bond donors (Lipinski definition) is 1. The van der Waals surface area contributed by atoms with Crippen LogP contribution in [0, 0.1) is 6.92 Å². The van der Waals surface area contributed by atoms with Crippen LogP contribution in [-0.4, -0.2) is 41.1 Å². The highest BCUT2D eigenvalue weighted by Gasteiger charge is 2.24. The van der Waals surface area contributed by atoms with Gasteiger partial charge in [0.15, 0.2) is 0 Å². The van der Waals surface area contributed by atoms with Gasteiger partial charge in [-0.25, -0.2) is 0 Å². The number of pyridine rings is 1. The molecule has 2 aliphatic rings. The molecule has 0 unspecified atom stereocenters. The Morgan fingerprint density at radius 3 is 2.70 bits per heavy atom. The third-order valence-corrected chi connectivity index (χ3v) is 8.20. The molecule has 6 rings (SSSR count). The van der Waals surface area contributed by atoms with Gasteiger partial charge in [0.05, 0.1) is 35.6 Å². The Bertz CT molecular complexity index is 1550. The van der Waals surface area contributed by atoms with Crippen LogP contribution in [-0.2, 0) is 13.5 Å². The molecule has 7 nitrogen and oxygen atoms in total. The molecule has 0 atom stereocenters. The van der Waals surface area contributed by atoms with Crippen LogP contribution in [0.3, 0.4) is 0 Å². The molecular weight excluding hydrogens is 486 g/mol. The third kappa shape index (κ3) is 4.20. The Hall–Kier alpha value is -3.29. The summed E-state index contributed by atoms with van der Waals surface area (Å²) in [6.45, 7) is 4.79.